The highest BCUT2D eigenvalue weighted by atomic mass is 15.1. The molecule has 10 heavy (non-hydrogen) atoms. The van der Waals surface area contributed by atoms with Gasteiger partial charge in [-0.25, -0.2) is 0 Å². The fourth-order valence-corrected chi connectivity index (χ4v) is 0.538. The van der Waals surface area contributed by atoms with Gasteiger partial charge in [-0.1, -0.05) is 13.5 Å². The Hall–Kier alpha value is -1.38. The molecule has 0 fully saturated rings. The molecule has 1 aromatic heterocycles. The average molecular weight is 137 g/mol. The van der Waals surface area contributed by atoms with Crippen LogP contribution in [0, 0.1) is 0 Å². The molecule has 0 aliphatic heterocycles. The quantitative estimate of drug-likeness (QED) is 0.357. The van der Waals surface area contributed by atoms with E-state index in [2.05, 4.69) is 10.1 Å². The molecule has 0 aromatic carbocycles. The summed E-state index contributed by atoms with van der Waals surface area (Å²) in [7, 11) is 0. The van der Waals surface area contributed by atoms with E-state index in [-0.39, 0.29) is 7.43 Å². The fourth-order valence-electron chi connectivity index (χ4n) is 0.538. The maximum Gasteiger partial charge on any atom is 0.0553 e. The molecule has 0 amide bonds. The molecule has 0 saturated carbocycles. The maximum atomic E-state index is 4.90. The van der Waals surface area contributed by atoms with Crippen molar-refractivity contribution in [3.63, 3.8) is 0 Å². The van der Waals surface area contributed by atoms with Crippen molar-refractivity contribution in [2.45, 2.75) is 7.43 Å². The van der Waals surface area contributed by atoms with Gasteiger partial charge in [-0.3, -0.25) is 4.98 Å². The van der Waals surface area contributed by atoms with Crippen LogP contribution < -0.4 is 5.84 Å². The average Bonchev–Trinajstić information content (AvgIpc) is 1.91. The molecule has 2 N–H and O–H groups in total. The molecular formula is C7H11N3. The minimum absolute atomic E-state index is 0. The highest BCUT2D eigenvalue weighted by Crippen LogP contribution is 1.88. The standard InChI is InChI=1S/C6H7N3.CH4/c7-9-5-6-2-1-3-8-4-6;/h1-5H,7H2;1H4/b9-5+;. The van der Waals surface area contributed by atoms with Crippen LogP contribution >= 0.6 is 0 Å². The number of hydrogen-bond acceptors (Lipinski definition) is 3. The van der Waals surface area contributed by atoms with Gasteiger partial charge in [-0.05, 0) is 6.07 Å². The Morgan fingerprint density at radius 3 is 2.90 bits per heavy atom. The van der Waals surface area contributed by atoms with Crippen molar-refractivity contribution in [1.82, 2.24) is 4.98 Å². The SMILES string of the molecule is C.N/N=C/c1cccnc1. The van der Waals surface area contributed by atoms with Crippen molar-refractivity contribution >= 4 is 6.21 Å². The first-order valence-electron chi connectivity index (χ1n) is 2.57. The zero-order valence-corrected chi connectivity index (χ0v) is 4.86. The Labute approximate surface area is 60.6 Å². The number of nitrogens with zero attached hydrogens (tertiary/aromatic N) is 2. The zero-order chi connectivity index (χ0) is 6.53. The predicted octanol–water partition coefficient (Wildman–Crippen LogP) is 1.01. The first-order chi connectivity index (χ1) is 4.43. The van der Waals surface area contributed by atoms with Crippen LogP contribution in [0.4, 0.5) is 0 Å². The number of hydrazone groups is 1. The van der Waals surface area contributed by atoms with Gasteiger partial charge in [0.15, 0.2) is 0 Å². The second-order valence-electron chi connectivity index (χ2n) is 1.56. The van der Waals surface area contributed by atoms with Crippen LogP contribution in [0.5, 0.6) is 0 Å². The van der Waals surface area contributed by atoms with Crippen molar-refractivity contribution in [3.8, 4) is 0 Å². The summed E-state index contributed by atoms with van der Waals surface area (Å²) in [5, 5.41) is 3.34. The molecule has 0 bridgehead atoms. The molecule has 0 atom stereocenters. The summed E-state index contributed by atoms with van der Waals surface area (Å²) in [5.41, 5.74) is 0.917. The topological polar surface area (TPSA) is 51.3 Å². The number of pyridine rings is 1. The summed E-state index contributed by atoms with van der Waals surface area (Å²) < 4.78 is 0. The van der Waals surface area contributed by atoms with E-state index in [9.17, 15) is 0 Å². The van der Waals surface area contributed by atoms with Crippen LogP contribution in [0.15, 0.2) is 29.6 Å². The van der Waals surface area contributed by atoms with E-state index in [1.54, 1.807) is 18.6 Å². The number of rotatable bonds is 1. The second kappa shape index (κ2) is 4.49. The molecule has 1 aromatic rings. The van der Waals surface area contributed by atoms with Crippen LogP contribution in [0.3, 0.4) is 0 Å². The summed E-state index contributed by atoms with van der Waals surface area (Å²) in [6.07, 6.45) is 4.94. The lowest BCUT2D eigenvalue weighted by molar-refractivity contribution is 1.25. The van der Waals surface area contributed by atoms with Gasteiger partial charge in [0.2, 0.25) is 0 Å². The van der Waals surface area contributed by atoms with Crippen molar-refractivity contribution < 1.29 is 0 Å². The molecule has 54 valence electrons. The van der Waals surface area contributed by atoms with Gasteiger partial charge in [0.25, 0.3) is 0 Å². The minimum Gasteiger partial charge on any atom is -0.323 e. The van der Waals surface area contributed by atoms with Crippen molar-refractivity contribution in [2.75, 3.05) is 0 Å². The van der Waals surface area contributed by atoms with Crippen LogP contribution in [-0.4, -0.2) is 11.2 Å². The summed E-state index contributed by atoms with van der Waals surface area (Å²) in [4.78, 5) is 3.86. The predicted molar refractivity (Wildman–Crippen MR) is 42.7 cm³/mol. The molecule has 0 aliphatic rings. The normalized spacial score (nSPS) is 9.20. The van der Waals surface area contributed by atoms with E-state index >= 15 is 0 Å². The third kappa shape index (κ3) is 2.26. The van der Waals surface area contributed by atoms with Crippen molar-refractivity contribution in [3.05, 3.63) is 30.1 Å². The first-order valence-corrected chi connectivity index (χ1v) is 2.57. The maximum absolute atomic E-state index is 4.90. The Kier molecular flexibility index (Phi) is 3.87. The van der Waals surface area contributed by atoms with E-state index in [1.165, 1.54) is 0 Å². The minimum atomic E-state index is 0. The van der Waals surface area contributed by atoms with Gasteiger partial charge < -0.3 is 5.84 Å². The molecule has 1 rings (SSSR count). The van der Waals surface area contributed by atoms with Gasteiger partial charge in [-0.2, -0.15) is 5.10 Å². The lowest BCUT2D eigenvalue weighted by Gasteiger charge is -1.85. The number of aromatic nitrogens is 1. The van der Waals surface area contributed by atoms with Gasteiger partial charge in [0.05, 0.1) is 6.21 Å². The van der Waals surface area contributed by atoms with Crippen molar-refractivity contribution in [1.29, 1.82) is 0 Å². The van der Waals surface area contributed by atoms with E-state index in [0.29, 0.717) is 0 Å². The summed E-state index contributed by atoms with van der Waals surface area (Å²) in [5.74, 6) is 4.90. The van der Waals surface area contributed by atoms with Gasteiger partial charge >= 0.3 is 0 Å². The van der Waals surface area contributed by atoms with E-state index in [0.717, 1.165) is 5.56 Å². The molecule has 0 aliphatic carbocycles. The summed E-state index contributed by atoms with van der Waals surface area (Å²) in [6.45, 7) is 0. The van der Waals surface area contributed by atoms with E-state index in [4.69, 9.17) is 5.84 Å². The summed E-state index contributed by atoms with van der Waals surface area (Å²) in [6, 6.07) is 3.71. The third-order valence-corrected chi connectivity index (χ3v) is 0.908. The second-order valence-corrected chi connectivity index (χ2v) is 1.56. The molecule has 3 heteroatoms. The molecule has 3 nitrogen and oxygen atoms in total. The zero-order valence-electron chi connectivity index (χ0n) is 4.86. The van der Waals surface area contributed by atoms with E-state index < -0.39 is 0 Å². The fraction of sp³-hybridized carbons (Fsp3) is 0.143. The highest BCUT2D eigenvalue weighted by Gasteiger charge is 1.80. The molecule has 0 radical (unpaired) electrons. The molecule has 0 saturated heterocycles. The van der Waals surface area contributed by atoms with Crippen LogP contribution in [-0.2, 0) is 0 Å². The number of nitrogens with two attached hydrogens (primary N) is 1. The lowest BCUT2D eigenvalue weighted by Crippen LogP contribution is -1.85. The first kappa shape index (κ1) is 8.62. The molecule has 0 unspecified atom stereocenters. The van der Waals surface area contributed by atoms with Gasteiger partial charge in [0, 0.05) is 18.0 Å². The molecular weight excluding hydrogens is 126 g/mol. The van der Waals surface area contributed by atoms with Gasteiger partial charge in [0.1, 0.15) is 0 Å². The van der Waals surface area contributed by atoms with Crippen LogP contribution in [0.25, 0.3) is 0 Å². The van der Waals surface area contributed by atoms with Gasteiger partial charge in [-0.15, -0.1) is 0 Å². The Morgan fingerprint density at radius 2 is 2.40 bits per heavy atom. The monoisotopic (exact) mass is 137 g/mol. The lowest BCUT2D eigenvalue weighted by atomic mass is 10.3. The molecule has 1 heterocycles. The third-order valence-electron chi connectivity index (χ3n) is 0.908. The highest BCUT2D eigenvalue weighted by molar-refractivity contribution is 5.78. The van der Waals surface area contributed by atoms with E-state index in [1.807, 2.05) is 12.1 Å². The Balaban J connectivity index is 0.000000810. The summed E-state index contributed by atoms with van der Waals surface area (Å²) >= 11 is 0. The molecule has 0 spiro atoms. The van der Waals surface area contributed by atoms with Crippen LogP contribution in [0.1, 0.15) is 13.0 Å². The van der Waals surface area contributed by atoms with Crippen molar-refractivity contribution in [2.24, 2.45) is 10.9 Å². The van der Waals surface area contributed by atoms with Crippen LogP contribution in [0.2, 0.25) is 0 Å². The smallest absolute Gasteiger partial charge is 0.0553 e. The Morgan fingerprint density at radius 1 is 1.60 bits per heavy atom. The largest absolute Gasteiger partial charge is 0.323 e. The Bertz CT molecular complexity index is 193. The number of hydrogen-bond donors (Lipinski definition) is 1.